The Labute approximate surface area is 149 Å². The van der Waals surface area contributed by atoms with Crippen molar-refractivity contribution in [2.75, 3.05) is 20.3 Å². The van der Waals surface area contributed by atoms with Gasteiger partial charge in [0.2, 0.25) is 0 Å². The number of aliphatic hydroxyl groups is 1. The van der Waals surface area contributed by atoms with Crippen molar-refractivity contribution in [3.05, 3.63) is 53.6 Å². The minimum atomic E-state index is -0.344. The highest BCUT2D eigenvalue weighted by Gasteiger charge is 2.09. The summed E-state index contributed by atoms with van der Waals surface area (Å²) in [6.45, 7) is 8.05. The van der Waals surface area contributed by atoms with Gasteiger partial charge in [0.25, 0.3) is 0 Å². The van der Waals surface area contributed by atoms with Crippen LogP contribution in [0, 0.1) is 0 Å². The van der Waals surface area contributed by atoms with Gasteiger partial charge in [-0.05, 0) is 56.0 Å². The predicted octanol–water partition coefficient (Wildman–Crippen LogP) is 4.24. The first-order chi connectivity index (χ1) is 12.0. The number of ether oxygens (including phenoxy) is 2. The fourth-order valence-corrected chi connectivity index (χ4v) is 2.22. The molecule has 1 unspecified atom stereocenters. The van der Waals surface area contributed by atoms with Crippen LogP contribution in [0.3, 0.4) is 0 Å². The Balaban J connectivity index is 2.59. The maximum absolute atomic E-state index is 8.83. The number of methoxy groups -OCH3 is 1. The van der Waals surface area contributed by atoms with E-state index in [9.17, 15) is 0 Å². The van der Waals surface area contributed by atoms with Crippen LogP contribution in [-0.2, 0) is 4.89 Å². The van der Waals surface area contributed by atoms with Gasteiger partial charge in [0.15, 0.2) is 11.5 Å². The molecule has 0 fully saturated rings. The highest BCUT2D eigenvalue weighted by molar-refractivity contribution is 5.55. The molecule has 0 saturated carbocycles. The fraction of sp³-hybridized carbons (Fsp3) is 0.400. The van der Waals surface area contributed by atoms with Gasteiger partial charge in [-0.3, -0.25) is 5.26 Å². The van der Waals surface area contributed by atoms with Crippen LogP contribution in [0.5, 0.6) is 11.5 Å². The van der Waals surface area contributed by atoms with Crippen molar-refractivity contribution in [1.29, 1.82) is 0 Å². The molecule has 25 heavy (non-hydrogen) atoms. The second-order valence-corrected chi connectivity index (χ2v) is 5.84. The highest BCUT2D eigenvalue weighted by Crippen LogP contribution is 2.28. The molecule has 1 rings (SSSR count). The van der Waals surface area contributed by atoms with Crippen molar-refractivity contribution in [1.82, 2.24) is 0 Å². The van der Waals surface area contributed by atoms with Crippen molar-refractivity contribution in [3.8, 4) is 11.5 Å². The summed E-state index contributed by atoms with van der Waals surface area (Å²) in [6, 6.07) is 5.60. The van der Waals surface area contributed by atoms with E-state index in [0.29, 0.717) is 24.5 Å². The van der Waals surface area contributed by atoms with E-state index in [4.69, 9.17) is 19.8 Å². The second-order valence-electron chi connectivity index (χ2n) is 5.84. The molecule has 0 amide bonds. The molecule has 0 aromatic heterocycles. The highest BCUT2D eigenvalue weighted by atomic mass is 17.1. The average molecular weight is 348 g/mol. The molecule has 5 nitrogen and oxygen atoms in total. The summed E-state index contributed by atoms with van der Waals surface area (Å²) >= 11 is 0. The lowest BCUT2D eigenvalue weighted by atomic mass is 10.0. The maximum atomic E-state index is 8.83. The van der Waals surface area contributed by atoms with Gasteiger partial charge < -0.3 is 14.6 Å². The monoisotopic (exact) mass is 348 g/mol. The Bertz CT molecular complexity index is 604. The van der Waals surface area contributed by atoms with Crippen LogP contribution in [-0.4, -0.2) is 36.8 Å². The maximum Gasteiger partial charge on any atom is 0.161 e. The van der Waals surface area contributed by atoms with Gasteiger partial charge in [0.05, 0.1) is 13.7 Å². The molecule has 138 valence electrons. The average Bonchev–Trinajstić information content (AvgIpc) is 2.60. The third-order valence-corrected chi connectivity index (χ3v) is 3.75. The van der Waals surface area contributed by atoms with E-state index >= 15 is 0 Å². The number of hydrogen-bond acceptors (Lipinski definition) is 5. The number of allylic oxidation sites excluding steroid dienone is 1. The molecule has 0 saturated heterocycles. The zero-order valence-corrected chi connectivity index (χ0v) is 15.2. The van der Waals surface area contributed by atoms with Crippen LogP contribution in [0.15, 0.2) is 48.1 Å². The number of hydrogen-bond donors (Lipinski definition) is 2. The van der Waals surface area contributed by atoms with Crippen molar-refractivity contribution < 1.29 is 24.7 Å². The molecule has 1 atom stereocenters. The minimum absolute atomic E-state index is 0.00179. The summed E-state index contributed by atoms with van der Waals surface area (Å²) in [5.41, 5.74) is 2.87. The summed E-state index contributed by atoms with van der Waals surface area (Å²) in [7, 11) is 1.59. The minimum Gasteiger partial charge on any atom is -0.493 e. The molecule has 0 aliphatic heterocycles. The lowest BCUT2D eigenvalue weighted by Gasteiger charge is -2.13. The van der Waals surface area contributed by atoms with Crippen LogP contribution in [0.4, 0.5) is 0 Å². The van der Waals surface area contributed by atoms with Crippen LogP contribution in [0.2, 0.25) is 0 Å². The Morgan fingerprint density at radius 2 is 2.04 bits per heavy atom. The lowest BCUT2D eigenvalue weighted by molar-refractivity contribution is -0.269. The quantitative estimate of drug-likeness (QED) is 0.356. The van der Waals surface area contributed by atoms with Crippen LogP contribution < -0.4 is 9.47 Å². The zero-order valence-electron chi connectivity index (χ0n) is 15.2. The fourth-order valence-electron chi connectivity index (χ4n) is 2.22. The van der Waals surface area contributed by atoms with Crippen LogP contribution >= 0.6 is 0 Å². The third-order valence-electron chi connectivity index (χ3n) is 3.75. The summed E-state index contributed by atoms with van der Waals surface area (Å²) in [4.78, 5) is 4.41. The Morgan fingerprint density at radius 3 is 2.64 bits per heavy atom. The van der Waals surface area contributed by atoms with E-state index < -0.39 is 0 Å². The van der Waals surface area contributed by atoms with Gasteiger partial charge >= 0.3 is 0 Å². The van der Waals surface area contributed by atoms with Gasteiger partial charge in [-0.2, -0.15) is 0 Å². The Hall–Kier alpha value is -2.08. The number of aliphatic hydroxyl groups excluding tert-OH is 1. The van der Waals surface area contributed by atoms with E-state index in [1.165, 1.54) is 0 Å². The predicted molar refractivity (Wildman–Crippen MR) is 99.9 cm³/mol. The van der Waals surface area contributed by atoms with E-state index in [0.717, 1.165) is 23.1 Å². The molecule has 0 aliphatic carbocycles. The first kappa shape index (κ1) is 21.0. The molecular weight excluding hydrogens is 320 g/mol. The first-order valence-corrected chi connectivity index (χ1v) is 8.21. The number of benzene rings is 1. The smallest absolute Gasteiger partial charge is 0.161 e. The third kappa shape index (κ3) is 7.56. The Kier molecular flexibility index (Phi) is 9.62. The zero-order chi connectivity index (χ0) is 18.7. The van der Waals surface area contributed by atoms with Crippen LogP contribution in [0.1, 0.15) is 32.3 Å². The van der Waals surface area contributed by atoms with Crippen molar-refractivity contribution >= 4 is 6.08 Å². The van der Waals surface area contributed by atoms with Gasteiger partial charge in [0, 0.05) is 0 Å². The summed E-state index contributed by atoms with van der Waals surface area (Å²) < 4.78 is 11.1. The molecule has 5 heteroatoms. The van der Waals surface area contributed by atoms with E-state index in [2.05, 4.69) is 11.5 Å². The summed E-state index contributed by atoms with van der Waals surface area (Å²) in [5, 5.41) is 17.7. The molecule has 0 heterocycles. The van der Waals surface area contributed by atoms with E-state index in [-0.39, 0.29) is 12.7 Å². The second kappa shape index (κ2) is 11.5. The first-order valence-electron chi connectivity index (χ1n) is 8.21. The molecule has 0 bridgehead atoms. The van der Waals surface area contributed by atoms with Gasteiger partial charge in [-0.1, -0.05) is 30.4 Å². The normalized spacial score (nSPS) is 13.1. The summed E-state index contributed by atoms with van der Waals surface area (Å²) in [5.74, 6) is 1.30. The van der Waals surface area contributed by atoms with E-state index in [1.807, 2.05) is 44.2 Å². The molecule has 0 radical (unpaired) electrons. The van der Waals surface area contributed by atoms with Crippen molar-refractivity contribution in [2.24, 2.45) is 0 Å². The largest absolute Gasteiger partial charge is 0.493 e. The molecule has 1 aromatic rings. The van der Waals surface area contributed by atoms with Crippen molar-refractivity contribution in [2.45, 2.75) is 32.8 Å². The molecule has 2 N–H and O–H groups in total. The number of rotatable bonds is 11. The molecule has 1 aromatic carbocycles. The SMILES string of the molecule is C=C(C)C(CCC(C)=CCOc1ccc(C=CCO)cc1OC)OO. The molecule has 0 spiro atoms. The van der Waals surface area contributed by atoms with Gasteiger partial charge in [0.1, 0.15) is 12.7 Å². The lowest BCUT2D eigenvalue weighted by Crippen LogP contribution is -2.11. The molecule has 0 aliphatic rings. The molecular formula is C20H28O5. The standard InChI is InChI=1S/C20H28O5/c1-15(2)18(25-22)9-7-16(3)11-13-24-19-10-8-17(6-5-12-21)14-20(19)23-4/h5-6,8,10-11,14,18,21-22H,1,7,9,12-13H2,2-4H3. The van der Waals surface area contributed by atoms with Gasteiger partial charge in [-0.25, -0.2) is 4.89 Å². The Morgan fingerprint density at radius 1 is 1.28 bits per heavy atom. The topological polar surface area (TPSA) is 68.2 Å². The van der Waals surface area contributed by atoms with Gasteiger partial charge in [-0.15, -0.1) is 0 Å². The van der Waals surface area contributed by atoms with Crippen LogP contribution in [0.25, 0.3) is 6.08 Å². The van der Waals surface area contributed by atoms with Crippen molar-refractivity contribution in [3.63, 3.8) is 0 Å². The summed E-state index contributed by atoms with van der Waals surface area (Å²) in [6.07, 6.45) is 6.58. The van der Waals surface area contributed by atoms with E-state index in [1.54, 1.807) is 13.2 Å².